The van der Waals surface area contributed by atoms with Gasteiger partial charge in [-0.1, -0.05) is 85.0 Å². The van der Waals surface area contributed by atoms with E-state index in [1.54, 1.807) is 0 Å². The monoisotopic (exact) mass is 492 g/mol. The molecule has 0 aliphatic heterocycles. The number of carbonyl (C=O) groups excluding carboxylic acids is 2. The Bertz CT molecular complexity index is 857. The zero-order chi connectivity index (χ0) is 25.5. The summed E-state index contributed by atoms with van der Waals surface area (Å²) in [6.45, 7) is 2.82. The fourth-order valence-corrected chi connectivity index (χ4v) is 2.99. The Hall–Kier alpha value is -3.48. The largest absolute Gasteiger partial charge is 0.463 e. The Morgan fingerprint density at radius 3 is 1.36 bits per heavy atom. The van der Waals surface area contributed by atoms with Crippen molar-refractivity contribution >= 4 is 24.1 Å². The van der Waals surface area contributed by atoms with E-state index in [9.17, 15) is 9.59 Å². The third kappa shape index (κ3) is 15.4. The van der Waals surface area contributed by atoms with Gasteiger partial charge in [-0.05, 0) is 36.8 Å². The van der Waals surface area contributed by atoms with Crippen molar-refractivity contribution in [3.8, 4) is 0 Å². The normalized spacial score (nSPS) is 11.4. The highest BCUT2D eigenvalue weighted by Gasteiger charge is 2.01. The molecule has 0 spiro atoms. The zero-order valence-corrected chi connectivity index (χ0v) is 20.8. The SMILES string of the molecule is O=C(/C=C\C(=O)OCCCCOC/C=C/c1ccccc1)OCCCCOC/C=C/c1ccccc1. The number of esters is 2. The van der Waals surface area contributed by atoms with E-state index in [0.29, 0.717) is 39.3 Å². The quantitative estimate of drug-likeness (QED) is 0.152. The lowest BCUT2D eigenvalue weighted by Crippen LogP contribution is -2.07. The molecule has 2 aromatic carbocycles. The summed E-state index contributed by atoms with van der Waals surface area (Å²) >= 11 is 0. The van der Waals surface area contributed by atoms with Gasteiger partial charge in [0.25, 0.3) is 0 Å². The number of hydrogen-bond donors (Lipinski definition) is 0. The van der Waals surface area contributed by atoms with Crippen LogP contribution in [0, 0.1) is 0 Å². The maximum atomic E-state index is 11.7. The van der Waals surface area contributed by atoms with Gasteiger partial charge in [-0.3, -0.25) is 0 Å². The van der Waals surface area contributed by atoms with E-state index >= 15 is 0 Å². The summed E-state index contributed by atoms with van der Waals surface area (Å²) in [7, 11) is 0. The van der Waals surface area contributed by atoms with Crippen molar-refractivity contribution in [1.29, 1.82) is 0 Å². The van der Waals surface area contributed by atoms with Gasteiger partial charge in [0.15, 0.2) is 0 Å². The Labute approximate surface area is 214 Å². The minimum atomic E-state index is -0.560. The highest BCUT2D eigenvalue weighted by molar-refractivity contribution is 5.91. The molecular formula is C30H36O6. The summed E-state index contributed by atoms with van der Waals surface area (Å²) in [6.07, 6.45) is 13.1. The Kier molecular flexibility index (Phi) is 15.8. The Morgan fingerprint density at radius 1 is 0.556 bits per heavy atom. The lowest BCUT2D eigenvalue weighted by molar-refractivity contribution is -0.140. The van der Waals surface area contributed by atoms with Gasteiger partial charge in [0.1, 0.15) is 0 Å². The summed E-state index contributed by atoms with van der Waals surface area (Å²) in [4.78, 5) is 23.3. The van der Waals surface area contributed by atoms with Gasteiger partial charge in [0.2, 0.25) is 0 Å². The first kappa shape index (κ1) is 28.8. The van der Waals surface area contributed by atoms with Crippen LogP contribution >= 0.6 is 0 Å². The molecule has 0 fully saturated rings. The molecule has 0 radical (unpaired) electrons. The molecule has 6 heteroatoms. The molecule has 0 saturated heterocycles. The van der Waals surface area contributed by atoms with Gasteiger partial charge in [-0.25, -0.2) is 9.59 Å². The lowest BCUT2D eigenvalue weighted by atomic mass is 10.2. The molecule has 2 rings (SSSR count). The second-order valence-corrected chi connectivity index (χ2v) is 7.86. The minimum Gasteiger partial charge on any atom is -0.463 e. The van der Waals surface area contributed by atoms with Crippen molar-refractivity contribution in [2.45, 2.75) is 25.7 Å². The van der Waals surface area contributed by atoms with Crippen molar-refractivity contribution in [1.82, 2.24) is 0 Å². The highest BCUT2D eigenvalue weighted by atomic mass is 16.5. The van der Waals surface area contributed by atoms with Gasteiger partial charge < -0.3 is 18.9 Å². The molecule has 0 saturated carbocycles. The molecule has 0 amide bonds. The minimum absolute atomic E-state index is 0.280. The second kappa shape index (κ2) is 19.8. The average molecular weight is 493 g/mol. The van der Waals surface area contributed by atoms with Crippen LogP contribution in [0.3, 0.4) is 0 Å². The first-order chi connectivity index (χ1) is 17.7. The van der Waals surface area contributed by atoms with Crippen molar-refractivity contribution in [3.63, 3.8) is 0 Å². The van der Waals surface area contributed by atoms with E-state index < -0.39 is 11.9 Å². The number of hydrogen-bond acceptors (Lipinski definition) is 6. The van der Waals surface area contributed by atoms with E-state index in [2.05, 4.69) is 0 Å². The van der Waals surface area contributed by atoms with Crippen LogP contribution in [0.2, 0.25) is 0 Å². The molecule has 0 aliphatic carbocycles. The van der Waals surface area contributed by atoms with Crippen LogP contribution in [0.15, 0.2) is 85.0 Å². The first-order valence-electron chi connectivity index (χ1n) is 12.3. The summed E-state index contributed by atoms with van der Waals surface area (Å²) in [5, 5.41) is 0. The molecule has 36 heavy (non-hydrogen) atoms. The molecule has 0 aliphatic rings. The number of benzene rings is 2. The van der Waals surface area contributed by atoms with Gasteiger partial charge in [0, 0.05) is 25.4 Å². The maximum absolute atomic E-state index is 11.7. The smallest absolute Gasteiger partial charge is 0.331 e. The molecule has 0 bridgehead atoms. The van der Waals surface area contributed by atoms with Crippen LogP contribution in [0.5, 0.6) is 0 Å². The number of ether oxygens (including phenoxy) is 4. The average Bonchev–Trinajstić information content (AvgIpc) is 2.91. The molecule has 0 heterocycles. The molecular weight excluding hydrogens is 456 g/mol. The third-order valence-electron chi connectivity index (χ3n) is 4.86. The fraction of sp³-hybridized carbons (Fsp3) is 0.333. The van der Waals surface area contributed by atoms with Crippen LogP contribution in [0.4, 0.5) is 0 Å². The van der Waals surface area contributed by atoms with Gasteiger partial charge in [-0.2, -0.15) is 0 Å². The third-order valence-corrected chi connectivity index (χ3v) is 4.86. The van der Waals surface area contributed by atoms with E-state index in [1.807, 2.05) is 85.0 Å². The Morgan fingerprint density at radius 2 is 0.944 bits per heavy atom. The highest BCUT2D eigenvalue weighted by Crippen LogP contribution is 2.02. The predicted molar refractivity (Wildman–Crippen MR) is 142 cm³/mol. The summed E-state index contributed by atoms with van der Waals surface area (Å²) in [5.74, 6) is -1.12. The Balaban J connectivity index is 1.37. The van der Waals surface area contributed by atoms with Crippen LogP contribution in [0.25, 0.3) is 12.2 Å². The van der Waals surface area contributed by atoms with Gasteiger partial charge >= 0.3 is 11.9 Å². The molecule has 2 aromatic rings. The topological polar surface area (TPSA) is 71.1 Å². The lowest BCUT2D eigenvalue weighted by Gasteiger charge is -2.04. The van der Waals surface area contributed by atoms with Crippen molar-refractivity contribution in [3.05, 3.63) is 96.1 Å². The molecule has 0 unspecified atom stereocenters. The second-order valence-electron chi connectivity index (χ2n) is 7.86. The summed E-state index contributed by atoms with van der Waals surface area (Å²) < 4.78 is 21.2. The van der Waals surface area contributed by atoms with Crippen LogP contribution < -0.4 is 0 Å². The molecule has 0 N–H and O–H groups in total. The van der Waals surface area contributed by atoms with Crippen LogP contribution in [-0.4, -0.2) is 51.6 Å². The molecule has 0 aromatic heterocycles. The van der Waals surface area contributed by atoms with E-state index in [-0.39, 0.29) is 13.2 Å². The number of carbonyl (C=O) groups is 2. The fourth-order valence-electron chi connectivity index (χ4n) is 2.99. The number of rotatable bonds is 18. The summed E-state index contributed by atoms with van der Waals surface area (Å²) in [6, 6.07) is 20.1. The summed E-state index contributed by atoms with van der Waals surface area (Å²) in [5.41, 5.74) is 2.27. The first-order valence-corrected chi connectivity index (χ1v) is 12.3. The van der Waals surface area contributed by atoms with Crippen molar-refractivity contribution < 1.29 is 28.5 Å². The molecule has 192 valence electrons. The predicted octanol–water partition coefficient (Wildman–Crippen LogP) is 5.65. The molecule has 6 nitrogen and oxygen atoms in total. The van der Waals surface area contributed by atoms with Crippen molar-refractivity contribution in [2.24, 2.45) is 0 Å². The maximum Gasteiger partial charge on any atom is 0.331 e. The number of unbranched alkanes of at least 4 members (excludes halogenated alkanes) is 2. The zero-order valence-electron chi connectivity index (χ0n) is 20.8. The standard InChI is InChI=1S/C30H36O6/c31-29(35-25-9-7-21-33-23-11-17-27-13-3-1-4-14-27)19-20-30(32)36-26-10-8-22-34-24-12-18-28-15-5-2-6-16-28/h1-6,11-20H,7-10,21-26H2/b17-11+,18-12+,20-19-. The van der Waals surface area contributed by atoms with Crippen LogP contribution in [0.1, 0.15) is 36.8 Å². The van der Waals surface area contributed by atoms with Gasteiger partial charge in [-0.15, -0.1) is 0 Å². The van der Waals surface area contributed by atoms with Crippen molar-refractivity contribution in [2.75, 3.05) is 39.6 Å². The van der Waals surface area contributed by atoms with Gasteiger partial charge in [0.05, 0.1) is 26.4 Å². The van der Waals surface area contributed by atoms with E-state index in [1.165, 1.54) is 0 Å². The van der Waals surface area contributed by atoms with E-state index in [4.69, 9.17) is 18.9 Å². The van der Waals surface area contributed by atoms with E-state index in [0.717, 1.165) is 36.1 Å². The van der Waals surface area contributed by atoms with Crippen LogP contribution in [-0.2, 0) is 28.5 Å². The molecule has 0 atom stereocenters.